The molecule has 1 aromatic carbocycles. The number of carbonyl (C=O) groups is 1. The van der Waals surface area contributed by atoms with Crippen LogP contribution in [0.4, 0.5) is 0 Å². The molecule has 1 saturated carbocycles. The lowest BCUT2D eigenvalue weighted by Crippen LogP contribution is -2.58. The molecule has 0 aromatic heterocycles. The fourth-order valence-electron chi connectivity index (χ4n) is 2.18. The van der Waals surface area contributed by atoms with Crippen LogP contribution in [0.2, 0.25) is 0 Å². The van der Waals surface area contributed by atoms with Gasteiger partial charge in [0, 0.05) is 0 Å². The molecule has 1 fully saturated rings. The predicted molar refractivity (Wildman–Crippen MR) is 63.4 cm³/mol. The highest BCUT2D eigenvalue weighted by Crippen LogP contribution is 2.36. The molecule has 0 heterocycles. The maximum absolute atomic E-state index is 10.8. The van der Waals surface area contributed by atoms with Gasteiger partial charge in [0.05, 0.1) is 13.2 Å². The average molecular weight is 235 g/mol. The SMILES string of the molecule is NC1(C(=O)O)CC(COCc2ccccc2)C1. The Morgan fingerprint density at radius 1 is 1.41 bits per heavy atom. The van der Waals surface area contributed by atoms with Crippen LogP contribution in [0.1, 0.15) is 18.4 Å². The third-order valence-corrected chi connectivity index (χ3v) is 3.20. The zero-order valence-corrected chi connectivity index (χ0v) is 9.63. The highest BCUT2D eigenvalue weighted by molar-refractivity contribution is 5.79. The lowest BCUT2D eigenvalue weighted by atomic mass is 9.69. The number of carboxylic acids is 1. The van der Waals surface area contributed by atoms with Crippen molar-refractivity contribution >= 4 is 5.97 Å². The fourth-order valence-corrected chi connectivity index (χ4v) is 2.18. The van der Waals surface area contributed by atoms with Crippen molar-refractivity contribution in [1.29, 1.82) is 0 Å². The molecule has 0 radical (unpaired) electrons. The molecule has 0 aliphatic heterocycles. The standard InChI is InChI=1S/C13H17NO3/c14-13(12(15)16)6-11(7-13)9-17-8-10-4-2-1-3-5-10/h1-5,11H,6-9,14H2,(H,15,16). The Kier molecular flexibility index (Phi) is 3.45. The Balaban J connectivity index is 1.67. The van der Waals surface area contributed by atoms with Gasteiger partial charge in [-0.1, -0.05) is 30.3 Å². The molecule has 4 nitrogen and oxygen atoms in total. The number of hydrogen-bond acceptors (Lipinski definition) is 3. The van der Waals surface area contributed by atoms with Gasteiger partial charge in [0.25, 0.3) is 0 Å². The number of ether oxygens (including phenoxy) is 1. The van der Waals surface area contributed by atoms with Crippen LogP contribution < -0.4 is 5.73 Å². The van der Waals surface area contributed by atoms with Crippen molar-refractivity contribution < 1.29 is 14.6 Å². The minimum absolute atomic E-state index is 0.278. The van der Waals surface area contributed by atoms with E-state index in [1.165, 1.54) is 0 Å². The van der Waals surface area contributed by atoms with Gasteiger partial charge >= 0.3 is 5.97 Å². The summed E-state index contributed by atoms with van der Waals surface area (Å²) in [4.78, 5) is 10.8. The summed E-state index contributed by atoms with van der Waals surface area (Å²) in [5, 5.41) is 8.85. The molecule has 0 bridgehead atoms. The van der Waals surface area contributed by atoms with Gasteiger partial charge in [-0.2, -0.15) is 0 Å². The zero-order valence-electron chi connectivity index (χ0n) is 9.63. The van der Waals surface area contributed by atoms with Crippen molar-refractivity contribution in [1.82, 2.24) is 0 Å². The van der Waals surface area contributed by atoms with E-state index < -0.39 is 11.5 Å². The summed E-state index contributed by atoms with van der Waals surface area (Å²) in [5.74, 6) is -0.628. The first-order valence-corrected chi connectivity index (χ1v) is 5.74. The first kappa shape index (κ1) is 12.1. The number of nitrogens with two attached hydrogens (primary N) is 1. The van der Waals surface area contributed by atoms with Gasteiger partial charge in [-0.25, -0.2) is 0 Å². The van der Waals surface area contributed by atoms with Gasteiger partial charge in [-0.15, -0.1) is 0 Å². The van der Waals surface area contributed by atoms with Crippen LogP contribution >= 0.6 is 0 Å². The van der Waals surface area contributed by atoms with Crippen LogP contribution in [0.15, 0.2) is 30.3 Å². The molecule has 1 aliphatic rings. The lowest BCUT2D eigenvalue weighted by molar-refractivity contribution is -0.150. The van der Waals surface area contributed by atoms with Crippen LogP contribution in [0.5, 0.6) is 0 Å². The minimum Gasteiger partial charge on any atom is -0.480 e. The molecular formula is C13H17NO3. The number of carboxylic acid groups (broad SMARTS) is 1. The van der Waals surface area contributed by atoms with Crippen LogP contribution in [-0.2, 0) is 16.1 Å². The lowest BCUT2D eigenvalue weighted by Gasteiger charge is -2.41. The summed E-state index contributed by atoms with van der Waals surface area (Å²) in [7, 11) is 0. The molecule has 0 atom stereocenters. The van der Waals surface area contributed by atoms with E-state index in [9.17, 15) is 4.79 Å². The van der Waals surface area contributed by atoms with E-state index in [1.807, 2.05) is 30.3 Å². The van der Waals surface area contributed by atoms with Crippen molar-refractivity contribution in [2.24, 2.45) is 11.7 Å². The molecule has 92 valence electrons. The molecule has 0 saturated heterocycles. The Morgan fingerprint density at radius 2 is 2.06 bits per heavy atom. The number of benzene rings is 1. The molecule has 4 heteroatoms. The van der Waals surface area contributed by atoms with Crippen molar-refractivity contribution in [3.63, 3.8) is 0 Å². The summed E-state index contributed by atoms with van der Waals surface area (Å²) in [6, 6.07) is 9.91. The van der Waals surface area contributed by atoms with E-state index in [0.717, 1.165) is 5.56 Å². The second kappa shape index (κ2) is 4.85. The molecule has 0 spiro atoms. The zero-order chi connectivity index (χ0) is 12.3. The van der Waals surface area contributed by atoms with Crippen LogP contribution in [0, 0.1) is 5.92 Å². The number of rotatable bonds is 5. The second-order valence-corrected chi connectivity index (χ2v) is 4.74. The highest BCUT2D eigenvalue weighted by atomic mass is 16.5. The van der Waals surface area contributed by atoms with Crippen LogP contribution in [0.25, 0.3) is 0 Å². The largest absolute Gasteiger partial charge is 0.480 e. The third kappa shape index (κ3) is 2.84. The Labute approximate surface area is 100 Å². The molecule has 1 aromatic rings. The van der Waals surface area contributed by atoms with Crippen molar-refractivity contribution in [2.75, 3.05) is 6.61 Å². The van der Waals surface area contributed by atoms with E-state index in [0.29, 0.717) is 26.1 Å². The first-order valence-electron chi connectivity index (χ1n) is 5.74. The Hall–Kier alpha value is -1.39. The van der Waals surface area contributed by atoms with E-state index in [2.05, 4.69) is 0 Å². The molecule has 17 heavy (non-hydrogen) atoms. The minimum atomic E-state index is -1.01. The van der Waals surface area contributed by atoms with E-state index >= 15 is 0 Å². The topological polar surface area (TPSA) is 72.6 Å². The predicted octanol–water partition coefficient (Wildman–Crippen LogP) is 1.40. The molecule has 2 rings (SSSR count). The number of aliphatic carboxylic acids is 1. The van der Waals surface area contributed by atoms with Crippen molar-refractivity contribution in [3.05, 3.63) is 35.9 Å². The van der Waals surface area contributed by atoms with E-state index in [1.54, 1.807) is 0 Å². The quantitative estimate of drug-likeness (QED) is 0.809. The van der Waals surface area contributed by atoms with Crippen molar-refractivity contribution in [2.45, 2.75) is 25.0 Å². The van der Waals surface area contributed by atoms with Gasteiger partial charge in [-0.05, 0) is 24.3 Å². The van der Waals surface area contributed by atoms with Gasteiger partial charge in [0.2, 0.25) is 0 Å². The summed E-state index contributed by atoms with van der Waals surface area (Å²) < 4.78 is 5.55. The van der Waals surface area contributed by atoms with Gasteiger partial charge in [0.1, 0.15) is 5.54 Å². The van der Waals surface area contributed by atoms with Gasteiger partial charge in [0.15, 0.2) is 0 Å². The van der Waals surface area contributed by atoms with E-state index in [4.69, 9.17) is 15.6 Å². The van der Waals surface area contributed by atoms with E-state index in [-0.39, 0.29) is 5.92 Å². The van der Waals surface area contributed by atoms with Crippen LogP contribution in [-0.4, -0.2) is 23.2 Å². The Morgan fingerprint density at radius 3 is 2.65 bits per heavy atom. The van der Waals surface area contributed by atoms with Crippen LogP contribution in [0.3, 0.4) is 0 Å². The van der Waals surface area contributed by atoms with Crippen molar-refractivity contribution in [3.8, 4) is 0 Å². The molecule has 0 amide bonds. The maximum atomic E-state index is 10.8. The number of hydrogen-bond donors (Lipinski definition) is 2. The van der Waals surface area contributed by atoms with Gasteiger partial charge < -0.3 is 15.6 Å². The summed E-state index contributed by atoms with van der Waals surface area (Å²) in [5.41, 5.74) is 5.78. The second-order valence-electron chi connectivity index (χ2n) is 4.74. The molecule has 0 unspecified atom stereocenters. The normalized spacial score (nSPS) is 27.5. The average Bonchev–Trinajstić information content (AvgIpc) is 2.27. The maximum Gasteiger partial charge on any atom is 0.323 e. The monoisotopic (exact) mass is 235 g/mol. The molecule has 3 N–H and O–H groups in total. The fraction of sp³-hybridized carbons (Fsp3) is 0.462. The van der Waals surface area contributed by atoms with Gasteiger partial charge in [-0.3, -0.25) is 4.79 Å². The highest BCUT2D eigenvalue weighted by Gasteiger charge is 2.47. The molecule has 1 aliphatic carbocycles. The first-order chi connectivity index (χ1) is 8.10. The molecular weight excluding hydrogens is 218 g/mol. The Bertz CT molecular complexity index is 385. The summed E-state index contributed by atoms with van der Waals surface area (Å²) >= 11 is 0. The summed E-state index contributed by atoms with van der Waals surface area (Å²) in [6.45, 7) is 1.16. The third-order valence-electron chi connectivity index (χ3n) is 3.20. The smallest absolute Gasteiger partial charge is 0.323 e. The summed E-state index contributed by atoms with van der Waals surface area (Å²) in [6.07, 6.45) is 1.02.